The molecule has 0 aliphatic carbocycles. The summed E-state index contributed by atoms with van der Waals surface area (Å²) in [6.45, 7) is 16.5. The maximum absolute atomic E-state index is 10.4. The van der Waals surface area contributed by atoms with Crippen molar-refractivity contribution in [3.05, 3.63) is 37.0 Å². The smallest absolute Gasteiger partial charge is 0.219 e. The first-order valence-electron chi connectivity index (χ1n) is 6.99. The number of carbonyl (C=O) groups excluding carboxylic acids is 1. The summed E-state index contributed by atoms with van der Waals surface area (Å²) in [5.41, 5.74) is 6.01. The number of amides is 1. The second kappa shape index (κ2) is 21.9. The maximum atomic E-state index is 10.4. The van der Waals surface area contributed by atoms with Gasteiger partial charge in [-0.1, -0.05) is 64.7 Å². The van der Waals surface area contributed by atoms with Crippen LogP contribution in [0.2, 0.25) is 0 Å². The number of carbonyl (C=O) groups is 1. The van der Waals surface area contributed by atoms with Crippen molar-refractivity contribution in [2.24, 2.45) is 5.73 Å². The Morgan fingerprint density at radius 3 is 2.21 bits per heavy atom. The summed E-state index contributed by atoms with van der Waals surface area (Å²) in [6.07, 6.45) is 7.58. The van der Waals surface area contributed by atoms with Crippen molar-refractivity contribution in [2.45, 2.75) is 47.0 Å². The number of allylic oxidation sites excluding steroid dienone is 4. The van der Waals surface area contributed by atoms with Crippen LogP contribution >= 0.6 is 0 Å². The molecule has 0 fully saturated rings. The summed E-state index contributed by atoms with van der Waals surface area (Å²) in [5, 5.41) is 0. The Morgan fingerprint density at radius 2 is 1.74 bits per heavy atom. The van der Waals surface area contributed by atoms with Crippen LogP contribution in [-0.2, 0) is 9.53 Å². The monoisotopic (exact) mass is 269 g/mol. The van der Waals surface area contributed by atoms with Gasteiger partial charge in [-0.2, -0.15) is 0 Å². The fraction of sp³-hybridized carbons (Fsp3) is 0.562. The highest BCUT2D eigenvalue weighted by molar-refractivity contribution is 5.73. The van der Waals surface area contributed by atoms with Crippen LogP contribution in [0, 0.1) is 0 Å². The van der Waals surface area contributed by atoms with Crippen LogP contribution in [0.1, 0.15) is 47.0 Å². The fourth-order valence-corrected chi connectivity index (χ4v) is 0.964. The van der Waals surface area contributed by atoms with Gasteiger partial charge in [-0.05, 0) is 12.8 Å². The van der Waals surface area contributed by atoms with Gasteiger partial charge in [0, 0.05) is 13.0 Å². The second-order valence-corrected chi connectivity index (χ2v) is 3.19. The molecule has 2 N–H and O–H groups in total. The van der Waals surface area contributed by atoms with E-state index < -0.39 is 0 Å². The number of nitrogens with two attached hydrogens (primary N) is 1. The number of rotatable bonds is 9. The summed E-state index contributed by atoms with van der Waals surface area (Å²) < 4.78 is 5.21. The molecule has 0 radical (unpaired) electrons. The molecule has 0 heterocycles. The lowest BCUT2D eigenvalue weighted by Crippen LogP contribution is -2.13. The predicted molar refractivity (Wildman–Crippen MR) is 85.0 cm³/mol. The van der Waals surface area contributed by atoms with E-state index in [0.717, 1.165) is 18.4 Å². The van der Waals surface area contributed by atoms with Gasteiger partial charge in [-0.25, -0.2) is 0 Å². The minimum absolute atomic E-state index is 0.289. The molecule has 112 valence electrons. The predicted octanol–water partition coefficient (Wildman–Crippen LogP) is 4.01. The molecule has 0 spiro atoms. The number of hydrogen-bond acceptors (Lipinski definition) is 2. The zero-order chi connectivity index (χ0) is 15.5. The Hall–Kier alpha value is -1.35. The number of primary amides is 1. The molecular weight excluding hydrogens is 238 g/mol. The van der Waals surface area contributed by atoms with Crippen LogP contribution in [0.15, 0.2) is 37.0 Å². The summed E-state index contributed by atoms with van der Waals surface area (Å²) >= 11 is 0. The van der Waals surface area contributed by atoms with E-state index in [1.807, 2.05) is 39.8 Å². The van der Waals surface area contributed by atoms with Crippen molar-refractivity contribution in [1.29, 1.82) is 0 Å². The minimum Gasteiger partial charge on any atom is -0.381 e. The van der Waals surface area contributed by atoms with E-state index >= 15 is 0 Å². The van der Waals surface area contributed by atoms with Gasteiger partial charge in [-0.15, -0.1) is 0 Å². The Morgan fingerprint density at radius 1 is 1.16 bits per heavy atom. The summed E-state index contributed by atoms with van der Waals surface area (Å²) in [4.78, 5) is 10.4. The molecule has 0 unspecified atom stereocenters. The Kier molecular flexibility index (Phi) is 26.3. The molecule has 0 aliphatic heterocycles. The second-order valence-electron chi connectivity index (χ2n) is 3.19. The van der Waals surface area contributed by atoms with Gasteiger partial charge < -0.3 is 10.5 Å². The average Bonchev–Trinajstić information content (AvgIpc) is 2.44. The van der Waals surface area contributed by atoms with E-state index in [1.165, 1.54) is 0 Å². The standard InChI is InChI=1S/C12H19NO2.2C2H6/c1-3-4-6-11(2)7-5-9-15-10-8-12(13)14;2*1-2/h3-4,6H,1-2,5,7-10H2,(H2,13,14);2*1-2H3/b6-4-;;. The molecule has 1 amide bonds. The van der Waals surface area contributed by atoms with Gasteiger partial charge in [0.25, 0.3) is 0 Å². The zero-order valence-corrected chi connectivity index (χ0v) is 13.1. The minimum atomic E-state index is -0.326. The van der Waals surface area contributed by atoms with Crippen molar-refractivity contribution in [2.75, 3.05) is 13.2 Å². The molecule has 0 aromatic carbocycles. The maximum Gasteiger partial charge on any atom is 0.219 e. The van der Waals surface area contributed by atoms with E-state index in [0.29, 0.717) is 13.2 Å². The number of hydrogen-bond donors (Lipinski definition) is 1. The Bertz CT molecular complexity index is 245. The quantitative estimate of drug-likeness (QED) is 0.508. The molecule has 0 rings (SSSR count). The normalized spacial score (nSPS) is 8.84. The topological polar surface area (TPSA) is 52.3 Å². The molecule has 19 heavy (non-hydrogen) atoms. The first-order chi connectivity index (χ1) is 9.16. The summed E-state index contributed by atoms with van der Waals surface area (Å²) in [6, 6.07) is 0. The third-order valence-electron chi connectivity index (χ3n) is 1.75. The summed E-state index contributed by atoms with van der Waals surface area (Å²) in [5.74, 6) is -0.326. The van der Waals surface area contributed by atoms with Gasteiger partial charge in [0.05, 0.1) is 6.61 Å². The lowest BCUT2D eigenvalue weighted by Gasteiger charge is -2.02. The first-order valence-corrected chi connectivity index (χ1v) is 6.99. The highest BCUT2D eigenvalue weighted by atomic mass is 16.5. The SMILES string of the molecule is C=C/C=C\C(=C)CCCOCCC(N)=O.CC.CC. The molecular formula is C16H31NO2. The van der Waals surface area contributed by atoms with Gasteiger partial charge >= 0.3 is 0 Å². The van der Waals surface area contributed by atoms with E-state index in [9.17, 15) is 4.79 Å². The van der Waals surface area contributed by atoms with Crippen molar-refractivity contribution < 1.29 is 9.53 Å². The van der Waals surface area contributed by atoms with Crippen molar-refractivity contribution >= 4 is 5.91 Å². The average molecular weight is 269 g/mol. The molecule has 0 aliphatic rings. The van der Waals surface area contributed by atoms with E-state index in [1.54, 1.807) is 6.08 Å². The van der Waals surface area contributed by atoms with Crippen LogP contribution in [0.3, 0.4) is 0 Å². The first kappa shape index (κ1) is 22.8. The number of ether oxygens (including phenoxy) is 1. The van der Waals surface area contributed by atoms with Crippen LogP contribution in [-0.4, -0.2) is 19.1 Å². The fourth-order valence-electron chi connectivity index (χ4n) is 0.964. The largest absolute Gasteiger partial charge is 0.381 e. The Labute approximate surface area is 119 Å². The van der Waals surface area contributed by atoms with Crippen LogP contribution < -0.4 is 5.73 Å². The third kappa shape index (κ3) is 26.3. The Balaban J connectivity index is -0.000000579. The van der Waals surface area contributed by atoms with Gasteiger partial charge in [0.1, 0.15) is 0 Å². The highest BCUT2D eigenvalue weighted by Gasteiger charge is 1.94. The molecule has 0 bridgehead atoms. The van der Waals surface area contributed by atoms with Gasteiger partial charge in [-0.3, -0.25) is 4.79 Å². The molecule has 3 heteroatoms. The molecule has 0 atom stereocenters. The molecule has 0 saturated heterocycles. The molecule has 0 aromatic heterocycles. The molecule has 0 aromatic rings. The lowest BCUT2D eigenvalue weighted by molar-refractivity contribution is -0.119. The van der Waals surface area contributed by atoms with Crippen molar-refractivity contribution in [1.82, 2.24) is 0 Å². The van der Waals surface area contributed by atoms with E-state index in [4.69, 9.17) is 10.5 Å². The summed E-state index contributed by atoms with van der Waals surface area (Å²) in [7, 11) is 0. The molecule has 3 nitrogen and oxygen atoms in total. The lowest BCUT2D eigenvalue weighted by atomic mass is 10.1. The third-order valence-corrected chi connectivity index (χ3v) is 1.75. The highest BCUT2D eigenvalue weighted by Crippen LogP contribution is 2.04. The van der Waals surface area contributed by atoms with E-state index in [-0.39, 0.29) is 12.3 Å². The van der Waals surface area contributed by atoms with E-state index in [2.05, 4.69) is 13.2 Å². The van der Waals surface area contributed by atoms with Gasteiger partial charge in [0.2, 0.25) is 5.91 Å². The van der Waals surface area contributed by atoms with Crippen LogP contribution in [0.25, 0.3) is 0 Å². The van der Waals surface area contributed by atoms with Crippen LogP contribution in [0.5, 0.6) is 0 Å². The van der Waals surface area contributed by atoms with Crippen molar-refractivity contribution in [3.8, 4) is 0 Å². The zero-order valence-electron chi connectivity index (χ0n) is 13.1. The van der Waals surface area contributed by atoms with Crippen molar-refractivity contribution in [3.63, 3.8) is 0 Å². The van der Waals surface area contributed by atoms with Crippen LogP contribution in [0.4, 0.5) is 0 Å². The van der Waals surface area contributed by atoms with Gasteiger partial charge in [0.15, 0.2) is 0 Å². The molecule has 0 saturated carbocycles.